The van der Waals surface area contributed by atoms with Crippen molar-refractivity contribution >= 4 is 38.9 Å². The molecule has 0 atom stereocenters. The third-order valence-electron chi connectivity index (χ3n) is 12.4. The van der Waals surface area contributed by atoms with E-state index in [1.54, 1.807) is 0 Å². The van der Waals surface area contributed by atoms with Gasteiger partial charge in [-0.05, 0) is 106 Å². The van der Waals surface area contributed by atoms with Gasteiger partial charge in [-0.1, -0.05) is 220 Å². The Morgan fingerprint density at radius 3 is 1.81 bits per heavy atom. The van der Waals surface area contributed by atoms with Crippen LogP contribution in [0, 0.1) is 12.3 Å². The van der Waals surface area contributed by atoms with Crippen molar-refractivity contribution in [3.05, 3.63) is 243 Å². The minimum atomic E-state index is -0.124. The molecule has 344 valence electrons. The second-order valence-electron chi connectivity index (χ2n) is 18.6. The van der Waals surface area contributed by atoms with Gasteiger partial charge in [-0.15, -0.1) is 13.2 Å². The van der Waals surface area contributed by atoms with E-state index < -0.39 is 0 Å². The summed E-state index contributed by atoms with van der Waals surface area (Å²) >= 11 is 0. The van der Waals surface area contributed by atoms with Gasteiger partial charge in [0.15, 0.2) is 0 Å². The van der Waals surface area contributed by atoms with Crippen LogP contribution in [0.2, 0.25) is 0 Å². The number of fused-ring (bicyclic) bond motifs is 6. The van der Waals surface area contributed by atoms with Crippen LogP contribution in [0.25, 0.3) is 55.4 Å². The number of allylic oxidation sites excluding steroid dienone is 7. The predicted molar refractivity (Wildman–Crippen MR) is 300 cm³/mol. The van der Waals surface area contributed by atoms with Crippen molar-refractivity contribution in [1.82, 2.24) is 9.61 Å². The molecule has 0 bridgehead atoms. The first-order valence-electron chi connectivity index (χ1n) is 23.8. The Bertz CT molecular complexity index is 3100. The van der Waals surface area contributed by atoms with E-state index in [2.05, 4.69) is 249 Å². The Labute approximate surface area is 407 Å². The molecule has 0 N–H and O–H groups in total. The van der Waals surface area contributed by atoms with Crippen LogP contribution in [0.3, 0.4) is 0 Å². The summed E-state index contributed by atoms with van der Waals surface area (Å²) in [6.45, 7) is 37.7. The Morgan fingerprint density at radius 1 is 0.676 bits per heavy atom. The molecule has 0 unspecified atom stereocenters. The van der Waals surface area contributed by atoms with Crippen LogP contribution in [-0.4, -0.2) is 9.61 Å². The smallest absolute Gasteiger partial charge is 0.0963 e. The van der Waals surface area contributed by atoms with E-state index in [0.29, 0.717) is 0 Å². The molecule has 0 saturated carbocycles. The van der Waals surface area contributed by atoms with E-state index in [1.807, 2.05) is 37.3 Å². The van der Waals surface area contributed by atoms with E-state index >= 15 is 0 Å². The Balaban J connectivity index is 0.000000481. The SMILES string of the molecule is C=C.C=C(/C=C\C)C(C)(C)C.C=C/C=C(\C=C)c1cc2ccc(N(c3ccc(-c4ccccc4)cc3)c3ccc4c(c3)C(C)(C)c3ccccc3-4)cc2c2c(C)c(-c3ccccc3)nn12.CCC. The molecule has 0 radical (unpaired) electrons. The third kappa shape index (κ3) is 10.2. The van der Waals surface area contributed by atoms with Crippen molar-refractivity contribution in [2.24, 2.45) is 5.41 Å². The van der Waals surface area contributed by atoms with E-state index in [1.165, 1.54) is 45.4 Å². The maximum Gasteiger partial charge on any atom is 0.0963 e. The molecule has 3 nitrogen and oxygen atoms in total. The number of nitrogens with zero attached hydrogens (tertiary/aromatic N) is 3. The highest BCUT2D eigenvalue weighted by atomic mass is 15.2. The van der Waals surface area contributed by atoms with Crippen LogP contribution >= 0.6 is 0 Å². The molecule has 1 aliphatic carbocycles. The summed E-state index contributed by atoms with van der Waals surface area (Å²) in [6.07, 6.45) is 11.0. The maximum absolute atomic E-state index is 5.27. The van der Waals surface area contributed by atoms with Gasteiger partial charge < -0.3 is 4.90 Å². The molecule has 2 heterocycles. The largest absolute Gasteiger partial charge is 0.310 e. The van der Waals surface area contributed by atoms with Gasteiger partial charge in [-0.2, -0.15) is 5.10 Å². The maximum atomic E-state index is 5.27. The van der Waals surface area contributed by atoms with Crippen LogP contribution in [0.5, 0.6) is 0 Å². The normalized spacial score (nSPS) is 12.4. The van der Waals surface area contributed by atoms with Crippen molar-refractivity contribution in [3.63, 3.8) is 0 Å². The van der Waals surface area contributed by atoms with Gasteiger partial charge in [0.2, 0.25) is 0 Å². The van der Waals surface area contributed by atoms with Gasteiger partial charge in [0, 0.05) is 39.0 Å². The Hall–Kier alpha value is -7.49. The summed E-state index contributed by atoms with van der Waals surface area (Å²) in [7, 11) is 0. The van der Waals surface area contributed by atoms with E-state index in [9.17, 15) is 0 Å². The summed E-state index contributed by atoms with van der Waals surface area (Å²) in [5, 5.41) is 7.53. The van der Waals surface area contributed by atoms with Crippen LogP contribution in [0.15, 0.2) is 221 Å². The number of aromatic nitrogens is 2. The van der Waals surface area contributed by atoms with Crippen molar-refractivity contribution in [2.75, 3.05) is 4.90 Å². The summed E-state index contributed by atoms with van der Waals surface area (Å²) in [5.41, 5.74) is 18.5. The number of hydrogen-bond donors (Lipinski definition) is 0. The molecule has 0 spiro atoms. The number of aryl methyl sites for hydroxylation is 1. The molecule has 9 rings (SSSR count). The van der Waals surface area contributed by atoms with Crippen LogP contribution in [0.1, 0.15) is 84.2 Å². The van der Waals surface area contributed by atoms with Crippen LogP contribution < -0.4 is 4.90 Å². The third-order valence-corrected chi connectivity index (χ3v) is 12.4. The molecule has 6 aromatic carbocycles. The molecular weight excluding hydrogens is 823 g/mol. The number of benzene rings is 6. The molecule has 0 saturated heterocycles. The van der Waals surface area contributed by atoms with Crippen LogP contribution in [0.4, 0.5) is 17.1 Å². The fraction of sp³-hybridized carbons (Fsp3) is 0.185. The highest BCUT2D eigenvalue weighted by Gasteiger charge is 2.36. The molecule has 0 fully saturated rings. The predicted octanol–water partition coefficient (Wildman–Crippen LogP) is 19.0. The minimum Gasteiger partial charge on any atom is -0.310 e. The fourth-order valence-corrected chi connectivity index (χ4v) is 8.83. The van der Waals surface area contributed by atoms with Gasteiger partial charge >= 0.3 is 0 Å². The van der Waals surface area contributed by atoms with Gasteiger partial charge in [-0.3, -0.25) is 0 Å². The molecule has 8 aromatic rings. The average Bonchev–Trinajstić information content (AvgIpc) is 3.82. The number of anilines is 3. The van der Waals surface area contributed by atoms with Gasteiger partial charge in [-0.25, -0.2) is 4.52 Å². The topological polar surface area (TPSA) is 20.5 Å². The lowest BCUT2D eigenvalue weighted by Crippen LogP contribution is -2.16. The summed E-state index contributed by atoms with van der Waals surface area (Å²) in [5.74, 6) is 0. The quantitative estimate of drug-likeness (QED) is 0.106. The van der Waals surface area contributed by atoms with Gasteiger partial charge in [0.25, 0.3) is 0 Å². The second-order valence-corrected chi connectivity index (χ2v) is 18.6. The first kappa shape index (κ1) is 49.9. The molecule has 2 aromatic heterocycles. The lowest BCUT2D eigenvalue weighted by Gasteiger charge is -2.28. The molecule has 3 heteroatoms. The summed E-state index contributed by atoms with van der Waals surface area (Å²) in [4.78, 5) is 2.40. The van der Waals surface area contributed by atoms with Crippen molar-refractivity contribution < 1.29 is 0 Å². The average molecular weight is 892 g/mol. The van der Waals surface area contributed by atoms with Crippen molar-refractivity contribution in [3.8, 4) is 33.5 Å². The first-order chi connectivity index (χ1) is 32.8. The van der Waals surface area contributed by atoms with Crippen LogP contribution in [-0.2, 0) is 5.41 Å². The number of rotatable bonds is 9. The lowest BCUT2D eigenvalue weighted by molar-refractivity contribution is 0.519. The van der Waals surface area contributed by atoms with E-state index in [4.69, 9.17) is 5.10 Å². The molecule has 1 aliphatic rings. The number of pyridine rings is 1. The highest BCUT2D eigenvalue weighted by Crippen LogP contribution is 2.51. The Kier molecular flexibility index (Phi) is 16.1. The van der Waals surface area contributed by atoms with Crippen molar-refractivity contribution in [2.45, 2.75) is 74.1 Å². The Morgan fingerprint density at radius 2 is 1.22 bits per heavy atom. The molecular formula is C65H69N3. The summed E-state index contributed by atoms with van der Waals surface area (Å²) < 4.78 is 2.09. The number of hydrogen-bond acceptors (Lipinski definition) is 2. The standard InChI is InChI=1S/C51H41N3.C9H16.C3H8.C2H4/c1-6-16-35(7-2)48-31-39-25-28-41(32-45(39)50-34(3)49(52-54(48)50)38-19-12-9-13-20-38)53(40-26-23-37(24-27-40)36-17-10-8-11-18-36)42-29-30-44-43-21-14-15-22-46(43)51(4,5)47(44)33-42;1-6-7-8(2)9(3,4)5;1-3-2;1-2/h6-33H,1-2H2,3-5H3;6-7H,2H2,1,3-5H3;3H2,1-2H3;1-2H2/b35-16+;7-6-;;. The zero-order valence-electron chi connectivity index (χ0n) is 41.9. The monoisotopic (exact) mass is 892 g/mol. The lowest BCUT2D eigenvalue weighted by atomic mass is 9.82. The molecule has 0 aliphatic heterocycles. The van der Waals surface area contributed by atoms with Gasteiger partial charge in [0.05, 0.1) is 16.9 Å². The summed E-state index contributed by atoms with van der Waals surface area (Å²) in [6, 6.07) is 54.8. The first-order valence-corrected chi connectivity index (χ1v) is 23.8. The molecule has 0 amide bonds. The van der Waals surface area contributed by atoms with Crippen molar-refractivity contribution in [1.29, 1.82) is 0 Å². The van der Waals surface area contributed by atoms with Gasteiger partial charge in [0.1, 0.15) is 0 Å². The van der Waals surface area contributed by atoms with E-state index in [0.717, 1.165) is 61.4 Å². The zero-order chi connectivity index (χ0) is 49.2. The second kappa shape index (κ2) is 21.9. The minimum absolute atomic E-state index is 0.124. The fourth-order valence-electron chi connectivity index (χ4n) is 8.83. The van der Waals surface area contributed by atoms with E-state index in [-0.39, 0.29) is 10.8 Å². The highest BCUT2D eigenvalue weighted by molar-refractivity contribution is 6.04. The molecule has 68 heavy (non-hydrogen) atoms. The zero-order valence-corrected chi connectivity index (χ0v) is 41.9.